The number of carbonyl (C=O) groups is 1. The number of nitrogens with one attached hydrogen (secondary N) is 2. The van der Waals surface area contributed by atoms with Gasteiger partial charge in [0, 0.05) is 48.4 Å². The molecule has 0 radical (unpaired) electrons. The zero-order chi connectivity index (χ0) is 29.1. The van der Waals surface area contributed by atoms with Crippen LogP contribution in [0.1, 0.15) is 38.1 Å². The van der Waals surface area contributed by atoms with Gasteiger partial charge in [0.05, 0.1) is 11.9 Å². The van der Waals surface area contributed by atoms with Gasteiger partial charge in [0.15, 0.2) is 5.65 Å². The van der Waals surface area contributed by atoms with E-state index in [0.717, 1.165) is 5.56 Å². The van der Waals surface area contributed by atoms with Crippen LogP contribution in [0, 0.1) is 5.95 Å². The summed E-state index contributed by atoms with van der Waals surface area (Å²) in [6.45, 7) is 5.50. The Labute approximate surface area is 240 Å². The molecule has 0 aliphatic carbocycles. The van der Waals surface area contributed by atoms with Crippen molar-refractivity contribution in [3.8, 4) is 11.3 Å². The Morgan fingerprint density at radius 2 is 1.88 bits per heavy atom. The maximum atomic E-state index is 15.7. The summed E-state index contributed by atoms with van der Waals surface area (Å²) in [5.41, 5.74) is 1.58. The standard InChI is InChI=1S/C28H29ClFN9O2/c1-28(2,3)41-27(40)32-16-19(13-17-5-7-20(29)8-6-17)25-37-36-24-15-18(14-22(30)39(24)25)21-9-11-31-26(34-21)35-23-10-12-33-38(23)4/h5-12,14-15,19H,13,16H2,1-4H3,(H,32,40)(H,31,34,35)/t19-/m1/s1. The van der Waals surface area contributed by atoms with E-state index in [1.807, 2.05) is 12.1 Å². The first-order valence-electron chi connectivity index (χ1n) is 12.9. The third kappa shape index (κ3) is 6.77. The first-order valence-corrected chi connectivity index (χ1v) is 13.3. The second-order valence-electron chi connectivity index (χ2n) is 10.5. The van der Waals surface area contributed by atoms with Crippen LogP contribution in [0.25, 0.3) is 16.9 Å². The van der Waals surface area contributed by atoms with Gasteiger partial charge in [-0.3, -0.25) is 9.08 Å². The number of aromatic nitrogens is 7. The monoisotopic (exact) mass is 577 g/mol. The quantitative estimate of drug-likeness (QED) is 0.238. The molecule has 0 bridgehead atoms. The number of hydrogen-bond donors (Lipinski definition) is 2. The smallest absolute Gasteiger partial charge is 0.407 e. The van der Waals surface area contributed by atoms with Gasteiger partial charge in [-0.1, -0.05) is 23.7 Å². The van der Waals surface area contributed by atoms with Gasteiger partial charge >= 0.3 is 6.09 Å². The summed E-state index contributed by atoms with van der Waals surface area (Å²) in [5, 5.41) is 19.2. The number of alkyl carbamates (subject to hydrolysis) is 1. The molecule has 212 valence electrons. The molecule has 0 saturated heterocycles. The highest BCUT2D eigenvalue weighted by molar-refractivity contribution is 6.30. The molecule has 0 aliphatic rings. The van der Waals surface area contributed by atoms with E-state index in [1.54, 1.807) is 75.2 Å². The van der Waals surface area contributed by atoms with E-state index in [-0.39, 0.29) is 6.54 Å². The number of hydrogen-bond acceptors (Lipinski definition) is 8. The van der Waals surface area contributed by atoms with Gasteiger partial charge in [-0.2, -0.15) is 9.49 Å². The Balaban J connectivity index is 1.45. The Kier molecular flexibility index (Phi) is 7.84. The van der Waals surface area contributed by atoms with Gasteiger partial charge in [-0.15, -0.1) is 10.2 Å². The van der Waals surface area contributed by atoms with Crippen molar-refractivity contribution < 1.29 is 13.9 Å². The fourth-order valence-electron chi connectivity index (χ4n) is 4.28. The molecule has 0 saturated carbocycles. The highest BCUT2D eigenvalue weighted by Crippen LogP contribution is 2.26. The fourth-order valence-corrected chi connectivity index (χ4v) is 4.40. The molecule has 0 fully saturated rings. The van der Waals surface area contributed by atoms with Crippen LogP contribution in [-0.4, -0.2) is 52.6 Å². The molecular weight excluding hydrogens is 549 g/mol. The lowest BCUT2D eigenvalue weighted by Gasteiger charge is -2.22. The largest absolute Gasteiger partial charge is 0.444 e. The molecule has 1 aromatic carbocycles. The van der Waals surface area contributed by atoms with E-state index >= 15 is 4.39 Å². The number of amides is 1. The maximum Gasteiger partial charge on any atom is 0.407 e. The molecule has 2 N–H and O–H groups in total. The van der Waals surface area contributed by atoms with Crippen molar-refractivity contribution in [3.05, 3.63) is 83.3 Å². The Morgan fingerprint density at radius 3 is 2.59 bits per heavy atom. The maximum absolute atomic E-state index is 15.7. The van der Waals surface area contributed by atoms with Gasteiger partial charge in [-0.05, 0) is 57.0 Å². The molecule has 5 rings (SSSR count). The number of aryl methyl sites for hydroxylation is 1. The predicted octanol–water partition coefficient (Wildman–Crippen LogP) is 5.31. The van der Waals surface area contributed by atoms with E-state index in [0.29, 0.717) is 45.9 Å². The average molecular weight is 578 g/mol. The zero-order valence-corrected chi connectivity index (χ0v) is 23.7. The third-order valence-corrected chi connectivity index (χ3v) is 6.40. The third-order valence-electron chi connectivity index (χ3n) is 6.15. The van der Waals surface area contributed by atoms with Crippen LogP contribution >= 0.6 is 11.6 Å². The van der Waals surface area contributed by atoms with Crippen LogP contribution in [-0.2, 0) is 18.2 Å². The van der Waals surface area contributed by atoms with Crippen molar-refractivity contribution in [2.24, 2.45) is 7.05 Å². The van der Waals surface area contributed by atoms with E-state index < -0.39 is 23.6 Å². The summed E-state index contributed by atoms with van der Waals surface area (Å²) in [6, 6.07) is 13.9. The van der Waals surface area contributed by atoms with E-state index in [1.165, 1.54) is 10.5 Å². The van der Waals surface area contributed by atoms with Crippen molar-refractivity contribution in [2.75, 3.05) is 11.9 Å². The number of benzene rings is 1. The molecule has 4 heterocycles. The van der Waals surface area contributed by atoms with Crippen molar-refractivity contribution in [1.82, 2.24) is 39.7 Å². The first-order chi connectivity index (χ1) is 19.6. The Bertz CT molecular complexity index is 1680. The predicted molar refractivity (Wildman–Crippen MR) is 153 cm³/mol. The summed E-state index contributed by atoms with van der Waals surface area (Å²) in [5.74, 6) is 0.405. The van der Waals surface area contributed by atoms with Gasteiger partial charge in [0.25, 0.3) is 0 Å². The Hall–Kier alpha value is -4.58. The second-order valence-corrected chi connectivity index (χ2v) is 10.9. The van der Waals surface area contributed by atoms with E-state index in [9.17, 15) is 4.79 Å². The summed E-state index contributed by atoms with van der Waals surface area (Å²) in [4.78, 5) is 21.2. The first kappa shape index (κ1) is 28.0. The molecule has 1 atom stereocenters. The lowest BCUT2D eigenvalue weighted by Crippen LogP contribution is -2.35. The SMILES string of the molecule is Cn1nccc1Nc1nccc(-c2cc(F)n3c([C@@H](CNC(=O)OC(C)(C)C)Cc4ccc(Cl)cc4)nnc3c2)n1. The van der Waals surface area contributed by atoms with Crippen LogP contribution in [0.2, 0.25) is 5.02 Å². The molecule has 41 heavy (non-hydrogen) atoms. The number of pyridine rings is 1. The normalized spacial score (nSPS) is 12.3. The van der Waals surface area contributed by atoms with Crippen LogP contribution in [0.3, 0.4) is 0 Å². The Morgan fingerprint density at radius 1 is 1.10 bits per heavy atom. The van der Waals surface area contributed by atoms with Gasteiger partial charge in [0.2, 0.25) is 11.9 Å². The number of ether oxygens (including phenoxy) is 1. The highest BCUT2D eigenvalue weighted by atomic mass is 35.5. The molecular formula is C28H29ClFN9O2. The number of halogens is 2. The summed E-state index contributed by atoms with van der Waals surface area (Å²) in [6.07, 6.45) is 3.11. The lowest BCUT2D eigenvalue weighted by atomic mass is 9.98. The second kappa shape index (κ2) is 11.5. The van der Waals surface area contributed by atoms with Crippen LogP contribution in [0.15, 0.2) is 60.9 Å². The van der Waals surface area contributed by atoms with E-state index in [4.69, 9.17) is 16.3 Å². The number of carbonyl (C=O) groups excluding carboxylic acids is 1. The molecule has 0 aliphatic heterocycles. The molecule has 0 unspecified atom stereocenters. The minimum atomic E-state index is -0.659. The molecule has 11 nitrogen and oxygen atoms in total. The minimum absolute atomic E-state index is 0.147. The van der Waals surface area contributed by atoms with Crippen molar-refractivity contribution in [1.29, 1.82) is 0 Å². The van der Waals surface area contributed by atoms with Crippen molar-refractivity contribution >= 4 is 35.1 Å². The van der Waals surface area contributed by atoms with Crippen LogP contribution in [0.5, 0.6) is 0 Å². The van der Waals surface area contributed by atoms with Crippen molar-refractivity contribution in [2.45, 2.75) is 38.7 Å². The zero-order valence-electron chi connectivity index (χ0n) is 23.0. The number of rotatable bonds is 8. The lowest BCUT2D eigenvalue weighted by molar-refractivity contribution is 0.0524. The molecule has 4 aromatic heterocycles. The topological polar surface area (TPSA) is 124 Å². The summed E-state index contributed by atoms with van der Waals surface area (Å²) < 4.78 is 24.1. The number of anilines is 2. The van der Waals surface area contributed by atoms with Crippen LogP contribution < -0.4 is 10.6 Å². The molecule has 13 heteroatoms. The summed E-state index contributed by atoms with van der Waals surface area (Å²) >= 11 is 6.06. The molecule has 0 spiro atoms. The molecule has 5 aromatic rings. The highest BCUT2D eigenvalue weighted by Gasteiger charge is 2.24. The number of fused-ring (bicyclic) bond motifs is 1. The summed E-state index contributed by atoms with van der Waals surface area (Å²) in [7, 11) is 1.79. The van der Waals surface area contributed by atoms with E-state index in [2.05, 4.69) is 35.9 Å². The van der Waals surface area contributed by atoms with Gasteiger partial charge < -0.3 is 15.4 Å². The van der Waals surface area contributed by atoms with Gasteiger partial charge in [0.1, 0.15) is 17.2 Å². The van der Waals surface area contributed by atoms with Crippen molar-refractivity contribution in [3.63, 3.8) is 0 Å². The molecule has 1 amide bonds. The van der Waals surface area contributed by atoms with Gasteiger partial charge in [-0.25, -0.2) is 14.8 Å². The average Bonchev–Trinajstić information content (AvgIpc) is 3.53. The minimum Gasteiger partial charge on any atom is -0.444 e. The number of nitrogens with zero attached hydrogens (tertiary/aromatic N) is 7. The fraction of sp³-hybridized carbons (Fsp3) is 0.286. The van der Waals surface area contributed by atoms with Crippen LogP contribution in [0.4, 0.5) is 21.0 Å².